The monoisotopic (exact) mass is 329 g/mol. The van der Waals surface area contributed by atoms with E-state index in [9.17, 15) is 0 Å². The summed E-state index contributed by atoms with van der Waals surface area (Å²) in [6.45, 7) is 0. The molecule has 1 nitrogen and oxygen atoms in total. The lowest BCUT2D eigenvalue weighted by atomic mass is 9.80. The minimum atomic E-state index is -0.239. The number of rotatable bonds is 2. The van der Waals surface area contributed by atoms with Crippen molar-refractivity contribution in [3.63, 3.8) is 0 Å². The summed E-state index contributed by atoms with van der Waals surface area (Å²) in [6.07, 6.45) is 5.56. The second-order valence-corrected chi connectivity index (χ2v) is 6.64. The third-order valence-electron chi connectivity index (χ3n) is 4.34. The van der Waals surface area contributed by atoms with Crippen LogP contribution in [-0.4, -0.2) is 0 Å². The molecule has 0 amide bonds. The van der Waals surface area contributed by atoms with Crippen molar-refractivity contribution in [1.82, 2.24) is 0 Å². The van der Waals surface area contributed by atoms with Gasteiger partial charge in [-0.2, -0.15) is 0 Å². The van der Waals surface area contributed by atoms with E-state index in [2.05, 4.69) is 64.5 Å². The molecule has 2 aromatic rings. The van der Waals surface area contributed by atoms with Crippen molar-refractivity contribution in [3.8, 4) is 0 Å². The van der Waals surface area contributed by atoms with E-state index in [1.165, 1.54) is 29.5 Å². The molecule has 0 fully saturated rings. The first-order valence-electron chi connectivity index (χ1n) is 7.30. The van der Waals surface area contributed by atoms with Crippen LogP contribution in [0.5, 0.6) is 0 Å². The van der Waals surface area contributed by atoms with Gasteiger partial charge in [0.2, 0.25) is 0 Å². The number of hydrogen-bond donors (Lipinski definition) is 1. The molecular formula is C18H20BrN. The van der Waals surface area contributed by atoms with Crippen LogP contribution in [0.2, 0.25) is 0 Å². The molecule has 0 spiro atoms. The Bertz CT molecular complexity index is 608. The fraction of sp³-hybridized carbons (Fsp3) is 0.333. The zero-order valence-corrected chi connectivity index (χ0v) is 13.2. The second-order valence-electron chi connectivity index (χ2n) is 5.79. The molecule has 2 N–H and O–H groups in total. The number of halogens is 1. The van der Waals surface area contributed by atoms with Crippen molar-refractivity contribution in [2.45, 2.75) is 37.6 Å². The van der Waals surface area contributed by atoms with Gasteiger partial charge >= 0.3 is 0 Å². The lowest BCUT2D eigenvalue weighted by Crippen LogP contribution is -2.39. The minimum absolute atomic E-state index is 0.239. The van der Waals surface area contributed by atoms with E-state index in [1.54, 1.807) is 0 Å². The number of hydrogen-bond acceptors (Lipinski definition) is 1. The molecule has 0 aliphatic heterocycles. The Labute approximate surface area is 129 Å². The normalized spacial score (nSPS) is 22.1. The standard InChI is InChI=1S/C18H20BrN/c19-17-11-4-2-9-15(17)13-18(20)12-6-5-8-14-7-1-3-10-16(14)18/h1-4,7,9-11H,5-6,8,12-13,20H2. The summed E-state index contributed by atoms with van der Waals surface area (Å²) < 4.78 is 1.16. The maximum atomic E-state index is 6.85. The van der Waals surface area contributed by atoms with Gasteiger partial charge in [0.1, 0.15) is 0 Å². The van der Waals surface area contributed by atoms with Gasteiger partial charge in [0.25, 0.3) is 0 Å². The molecule has 1 aliphatic carbocycles. The molecule has 0 saturated heterocycles. The van der Waals surface area contributed by atoms with E-state index in [0.29, 0.717) is 0 Å². The van der Waals surface area contributed by atoms with Crippen LogP contribution in [0.1, 0.15) is 36.0 Å². The third kappa shape index (κ3) is 2.68. The summed E-state index contributed by atoms with van der Waals surface area (Å²) in [6, 6.07) is 17.1. The van der Waals surface area contributed by atoms with Crippen molar-refractivity contribution >= 4 is 15.9 Å². The van der Waals surface area contributed by atoms with Crippen molar-refractivity contribution in [2.75, 3.05) is 0 Å². The second kappa shape index (κ2) is 5.71. The quantitative estimate of drug-likeness (QED) is 0.802. The Morgan fingerprint density at radius 3 is 2.60 bits per heavy atom. The predicted octanol–water partition coefficient (Wildman–Crippen LogP) is 4.57. The maximum absolute atomic E-state index is 6.85. The van der Waals surface area contributed by atoms with E-state index in [0.717, 1.165) is 23.7 Å². The first-order chi connectivity index (χ1) is 9.69. The molecule has 20 heavy (non-hydrogen) atoms. The first-order valence-corrected chi connectivity index (χ1v) is 8.09. The fourth-order valence-electron chi connectivity index (χ4n) is 3.28. The Morgan fingerprint density at radius 2 is 1.75 bits per heavy atom. The lowest BCUT2D eigenvalue weighted by molar-refractivity contribution is 0.398. The zero-order valence-electron chi connectivity index (χ0n) is 11.6. The molecule has 1 unspecified atom stereocenters. The SMILES string of the molecule is NC1(Cc2ccccc2Br)CCCCc2ccccc21. The van der Waals surface area contributed by atoms with E-state index >= 15 is 0 Å². The summed E-state index contributed by atoms with van der Waals surface area (Å²) in [4.78, 5) is 0. The molecule has 0 radical (unpaired) electrons. The Kier molecular flexibility index (Phi) is 3.95. The lowest BCUT2D eigenvalue weighted by Gasteiger charge is -2.31. The zero-order chi connectivity index (χ0) is 14.0. The molecule has 0 saturated carbocycles. The maximum Gasteiger partial charge on any atom is 0.0453 e. The van der Waals surface area contributed by atoms with Gasteiger partial charge in [0.15, 0.2) is 0 Å². The van der Waals surface area contributed by atoms with Crippen LogP contribution in [0.15, 0.2) is 53.0 Å². The van der Waals surface area contributed by atoms with Crippen LogP contribution in [-0.2, 0) is 18.4 Å². The predicted molar refractivity (Wildman–Crippen MR) is 87.7 cm³/mol. The van der Waals surface area contributed by atoms with Gasteiger partial charge < -0.3 is 5.73 Å². The van der Waals surface area contributed by atoms with E-state index in [-0.39, 0.29) is 5.54 Å². The van der Waals surface area contributed by atoms with Crippen LogP contribution in [0.25, 0.3) is 0 Å². The highest BCUT2D eigenvalue weighted by Gasteiger charge is 2.31. The average Bonchev–Trinajstić information content (AvgIpc) is 2.62. The van der Waals surface area contributed by atoms with Gasteiger partial charge in [-0.3, -0.25) is 0 Å². The smallest absolute Gasteiger partial charge is 0.0453 e. The summed E-state index contributed by atoms with van der Waals surface area (Å²) in [7, 11) is 0. The van der Waals surface area contributed by atoms with Crippen LogP contribution >= 0.6 is 15.9 Å². The highest BCUT2D eigenvalue weighted by atomic mass is 79.9. The van der Waals surface area contributed by atoms with Crippen molar-refractivity contribution < 1.29 is 0 Å². The van der Waals surface area contributed by atoms with E-state index in [1.807, 2.05) is 0 Å². The van der Waals surface area contributed by atoms with Gasteiger partial charge in [-0.1, -0.05) is 64.8 Å². The molecule has 3 rings (SSSR count). The van der Waals surface area contributed by atoms with Crippen LogP contribution in [0.4, 0.5) is 0 Å². The summed E-state index contributed by atoms with van der Waals surface area (Å²) in [5.41, 5.74) is 10.7. The molecule has 1 aliphatic rings. The molecule has 0 aromatic heterocycles. The number of nitrogens with two attached hydrogens (primary N) is 1. The molecule has 2 heteroatoms. The van der Waals surface area contributed by atoms with Crippen LogP contribution in [0.3, 0.4) is 0 Å². The van der Waals surface area contributed by atoms with Crippen LogP contribution in [0, 0.1) is 0 Å². The van der Waals surface area contributed by atoms with Crippen molar-refractivity contribution in [1.29, 1.82) is 0 Å². The van der Waals surface area contributed by atoms with Gasteiger partial charge in [0, 0.05) is 10.0 Å². The van der Waals surface area contributed by atoms with Gasteiger partial charge in [-0.25, -0.2) is 0 Å². The van der Waals surface area contributed by atoms with Crippen LogP contribution < -0.4 is 5.73 Å². The van der Waals surface area contributed by atoms with E-state index in [4.69, 9.17) is 5.73 Å². The molecule has 0 heterocycles. The van der Waals surface area contributed by atoms with Gasteiger partial charge in [-0.05, 0) is 48.4 Å². The van der Waals surface area contributed by atoms with Gasteiger partial charge in [-0.15, -0.1) is 0 Å². The third-order valence-corrected chi connectivity index (χ3v) is 5.11. The number of fused-ring (bicyclic) bond motifs is 1. The molecule has 0 bridgehead atoms. The van der Waals surface area contributed by atoms with Gasteiger partial charge in [0.05, 0.1) is 0 Å². The Hall–Kier alpha value is -1.12. The first kappa shape index (κ1) is 13.8. The highest BCUT2D eigenvalue weighted by molar-refractivity contribution is 9.10. The highest BCUT2D eigenvalue weighted by Crippen LogP contribution is 2.36. The minimum Gasteiger partial charge on any atom is -0.321 e. The van der Waals surface area contributed by atoms with Crippen molar-refractivity contribution in [3.05, 3.63) is 69.7 Å². The number of benzene rings is 2. The molecular weight excluding hydrogens is 310 g/mol. The largest absolute Gasteiger partial charge is 0.321 e. The fourth-order valence-corrected chi connectivity index (χ4v) is 3.70. The average molecular weight is 330 g/mol. The summed E-state index contributed by atoms with van der Waals surface area (Å²) in [5.74, 6) is 0. The molecule has 104 valence electrons. The molecule has 1 atom stereocenters. The van der Waals surface area contributed by atoms with Crippen molar-refractivity contribution in [2.24, 2.45) is 5.73 Å². The van der Waals surface area contributed by atoms with E-state index < -0.39 is 0 Å². The summed E-state index contributed by atoms with van der Waals surface area (Å²) in [5, 5.41) is 0. The topological polar surface area (TPSA) is 26.0 Å². The Balaban J connectivity index is 2.01. The Morgan fingerprint density at radius 1 is 1.00 bits per heavy atom. The summed E-state index contributed by atoms with van der Waals surface area (Å²) >= 11 is 3.65. The number of aryl methyl sites for hydroxylation is 1. The molecule has 2 aromatic carbocycles.